The van der Waals surface area contributed by atoms with Gasteiger partial charge in [0.2, 0.25) is 0 Å². The second-order valence-electron chi connectivity index (χ2n) is 5.52. The molecule has 8 heteroatoms. The minimum atomic E-state index is -0.645. The lowest BCUT2D eigenvalue weighted by atomic mass is 10.1. The van der Waals surface area contributed by atoms with Crippen LogP contribution in [0, 0.1) is 17.0 Å². The smallest absolute Gasteiger partial charge is 0.338 e. The standard InChI is InChI=1S/C18H18N2O6/c1-12-6-7-15(9-16(12)20(23)24)19-17(21)11-26-18(22)14-5-3-4-13(8-14)10-25-2/h3-9H,10-11H2,1-2H3,(H,19,21). The number of methoxy groups -OCH3 is 1. The van der Waals surface area contributed by atoms with Gasteiger partial charge in [-0.25, -0.2) is 4.79 Å². The predicted molar refractivity (Wildman–Crippen MR) is 93.9 cm³/mol. The topological polar surface area (TPSA) is 108 Å². The van der Waals surface area contributed by atoms with Gasteiger partial charge in [0.05, 0.1) is 17.1 Å². The van der Waals surface area contributed by atoms with Gasteiger partial charge in [-0.3, -0.25) is 14.9 Å². The molecule has 0 saturated heterocycles. The lowest BCUT2D eigenvalue weighted by Crippen LogP contribution is -2.21. The molecule has 2 aromatic rings. The minimum Gasteiger partial charge on any atom is -0.452 e. The first kappa shape index (κ1) is 19.1. The number of nitrogens with zero attached hydrogens (tertiary/aromatic N) is 1. The number of hydrogen-bond acceptors (Lipinski definition) is 6. The first-order valence-corrected chi connectivity index (χ1v) is 7.70. The lowest BCUT2D eigenvalue weighted by molar-refractivity contribution is -0.385. The molecule has 26 heavy (non-hydrogen) atoms. The normalized spacial score (nSPS) is 10.2. The van der Waals surface area contributed by atoms with E-state index in [4.69, 9.17) is 9.47 Å². The molecule has 0 spiro atoms. The molecule has 1 N–H and O–H groups in total. The molecular formula is C18H18N2O6. The van der Waals surface area contributed by atoms with Crippen molar-refractivity contribution in [1.82, 2.24) is 0 Å². The van der Waals surface area contributed by atoms with Gasteiger partial charge in [-0.15, -0.1) is 0 Å². The number of rotatable bonds is 7. The summed E-state index contributed by atoms with van der Waals surface area (Å²) in [6.45, 7) is 1.45. The van der Waals surface area contributed by atoms with Crippen molar-refractivity contribution in [2.24, 2.45) is 0 Å². The molecule has 0 bridgehead atoms. The van der Waals surface area contributed by atoms with Gasteiger partial charge in [0.1, 0.15) is 0 Å². The highest BCUT2D eigenvalue weighted by atomic mass is 16.6. The zero-order valence-electron chi connectivity index (χ0n) is 14.4. The third kappa shape index (κ3) is 5.12. The van der Waals surface area contributed by atoms with Crippen LogP contribution in [0.2, 0.25) is 0 Å². The molecule has 0 radical (unpaired) electrons. The third-order valence-corrected chi connectivity index (χ3v) is 3.50. The van der Waals surface area contributed by atoms with Crippen molar-refractivity contribution in [3.8, 4) is 0 Å². The number of ether oxygens (including phenoxy) is 2. The van der Waals surface area contributed by atoms with Gasteiger partial charge < -0.3 is 14.8 Å². The molecule has 0 aliphatic heterocycles. The van der Waals surface area contributed by atoms with E-state index in [9.17, 15) is 19.7 Å². The summed E-state index contributed by atoms with van der Waals surface area (Å²) in [5, 5.41) is 13.4. The summed E-state index contributed by atoms with van der Waals surface area (Å²) >= 11 is 0. The summed E-state index contributed by atoms with van der Waals surface area (Å²) in [5.41, 5.74) is 1.74. The summed E-state index contributed by atoms with van der Waals surface area (Å²) in [6, 6.07) is 11.0. The molecule has 2 rings (SSSR count). The Bertz CT molecular complexity index is 834. The van der Waals surface area contributed by atoms with Crippen LogP contribution in [0.4, 0.5) is 11.4 Å². The molecule has 0 saturated carbocycles. The van der Waals surface area contributed by atoms with E-state index in [1.807, 2.05) is 0 Å². The van der Waals surface area contributed by atoms with E-state index in [1.54, 1.807) is 38.3 Å². The van der Waals surface area contributed by atoms with Crippen molar-refractivity contribution in [1.29, 1.82) is 0 Å². The second-order valence-corrected chi connectivity index (χ2v) is 5.52. The van der Waals surface area contributed by atoms with Crippen molar-refractivity contribution < 1.29 is 24.0 Å². The van der Waals surface area contributed by atoms with Crippen LogP contribution in [0.1, 0.15) is 21.5 Å². The van der Waals surface area contributed by atoms with Crippen LogP contribution in [0.5, 0.6) is 0 Å². The van der Waals surface area contributed by atoms with E-state index in [1.165, 1.54) is 18.2 Å². The Morgan fingerprint density at radius 3 is 2.65 bits per heavy atom. The maximum Gasteiger partial charge on any atom is 0.338 e. The molecule has 0 fully saturated rings. The number of aryl methyl sites for hydroxylation is 1. The number of amides is 1. The van der Waals surface area contributed by atoms with Gasteiger partial charge in [-0.05, 0) is 30.7 Å². The first-order valence-electron chi connectivity index (χ1n) is 7.70. The number of nitro groups is 1. The highest BCUT2D eigenvalue weighted by molar-refractivity contribution is 5.95. The van der Waals surface area contributed by atoms with E-state index >= 15 is 0 Å². The predicted octanol–water partition coefficient (Wildman–Crippen LogP) is 2.85. The van der Waals surface area contributed by atoms with Crippen LogP contribution in [0.15, 0.2) is 42.5 Å². The zero-order valence-corrected chi connectivity index (χ0v) is 14.4. The van der Waals surface area contributed by atoms with Gasteiger partial charge in [-0.1, -0.05) is 18.2 Å². The van der Waals surface area contributed by atoms with Crippen LogP contribution < -0.4 is 5.32 Å². The minimum absolute atomic E-state index is 0.102. The average molecular weight is 358 g/mol. The van der Waals surface area contributed by atoms with Gasteiger partial charge in [-0.2, -0.15) is 0 Å². The molecule has 1 amide bonds. The third-order valence-electron chi connectivity index (χ3n) is 3.50. The lowest BCUT2D eigenvalue weighted by Gasteiger charge is -2.08. The monoisotopic (exact) mass is 358 g/mol. The molecule has 136 valence electrons. The van der Waals surface area contributed by atoms with Crippen LogP contribution >= 0.6 is 0 Å². The van der Waals surface area contributed by atoms with Crippen LogP contribution in [-0.2, 0) is 20.9 Å². The van der Waals surface area contributed by atoms with Gasteiger partial charge in [0, 0.05) is 24.4 Å². The molecule has 0 unspecified atom stereocenters. The van der Waals surface area contributed by atoms with E-state index in [0.717, 1.165) is 5.56 Å². The number of esters is 1. The van der Waals surface area contributed by atoms with Crippen LogP contribution in [0.25, 0.3) is 0 Å². The fourth-order valence-electron chi connectivity index (χ4n) is 2.25. The number of carbonyl (C=O) groups is 2. The van der Waals surface area contributed by atoms with Gasteiger partial charge in [0.25, 0.3) is 11.6 Å². The fourth-order valence-corrected chi connectivity index (χ4v) is 2.25. The SMILES string of the molecule is COCc1cccc(C(=O)OCC(=O)Nc2ccc(C)c([N+](=O)[O-])c2)c1. The number of nitro benzene ring substituents is 1. The molecule has 0 aromatic heterocycles. The van der Waals surface area contributed by atoms with E-state index < -0.39 is 23.4 Å². The Kier molecular flexibility index (Phi) is 6.40. The molecular weight excluding hydrogens is 340 g/mol. The Morgan fingerprint density at radius 1 is 1.19 bits per heavy atom. The number of benzene rings is 2. The molecule has 0 heterocycles. The highest BCUT2D eigenvalue weighted by Gasteiger charge is 2.14. The van der Waals surface area contributed by atoms with Crippen LogP contribution in [0.3, 0.4) is 0 Å². The second kappa shape index (κ2) is 8.72. The Hall–Kier alpha value is -3.26. The molecule has 8 nitrogen and oxygen atoms in total. The number of hydrogen-bond donors (Lipinski definition) is 1. The summed E-state index contributed by atoms with van der Waals surface area (Å²) < 4.78 is 9.97. The van der Waals surface area contributed by atoms with E-state index in [2.05, 4.69) is 5.32 Å². The highest BCUT2D eigenvalue weighted by Crippen LogP contribution is 2.22. The average Bonchev–Trinajstić information content (AvgIpc) is 2.61. The summed E-state index contributed by atoms with van der Waals surface area (Å²) in [6.07, 6.45) is 0. The van der Waals surface area contributed by atoms with Crippen molar-refractivity contribution in [2.75, 3.05) is 19.0 Å². The molecule has 0 aliphatic carbocycles. The fraction of sp³-hybridized carbons (Fsp3) is 0.222. The Labute approximate surface area is 149 Å². The Balaban J connectivity index is 1.94. The summed E-state index contributed by atoms with van der Waals surface area (Å²) in [4.78, 5) is 34.3. The molecule has 0 aliphatic rings. The van der Waals surface area contributed by atoms with Crippen molar-refractivity contribution in [3.05, 3.63) is 69.3 Å². The van der Waals surface area contributed by atoms with E-state index in [0.29, 0.717) is 17.7 Å². The summed E-state index contributed by atoms with van der Waals surface area (Å²) in [7, 11) is 1.55. The zero-order chi connectivity index (χ0) is 19.1. The van der Waals surface area contributed by atoms with E-state index in [-0.39, 0.29) is 11.4 Å². The Morgan fingerprint density at radius 2 is 1.96 bits per heavy atom. The van der Waals surface area contributed by atoms with Crippen molar-refractivity contribution in [2.45, 2.75) is 13.5 Å². The molecule has 0 atom stereocenters. The first-order chi connectivity index (χ1) is 12.4. The summed E-state index contributed by atoms with van der Waals surface area (Å²) in [5.74, 6) is -1.24. The van der Waals surface area contributed by atoms with Crippen LogP contribution in [-0.4, -0.2) is 30.5 Å². The van der Waals surface area contributed by atoms with Crippen molar-refractivity contribution in [3.63, 3.8) is 0 Å². The largest absolute Gasteiger partial charge is 0.452 e. The quantitative estimate of drug-likeness (QED) is 0.463. The number of nitrogens with one attached hydrogen (secondary N) is 1. The molecule has 2 aromatic carbocycles. The maximum absolute atomic E-state index is 12.0. The number of carbonyl (C=O) groups excluding carboxylic acids is 2. The maximum atomic E-state index is 12.0. The van der Waals surface area contributed by atoms with Gasteiger partial charge in [0.15, 0.2) is 6.61 Å². The van der Waals surface area contributed by atoms with Crippen molar-refractivity contribution >= 4 is 23.3 Å². The van der Waals surface area contributed by atoms with Gasteiger partial charge >= 0.3 is 5.97 Å². The number of anilines is 1.